The fourth-order valence-electron chi connectivity index (χ4n) is 3.63. The quantitative estimate of drug-likeness (QED) is 0.190. The van der Waals surface area contributed by atoms with Crippen LogP contribution in [0.2, 0.25) is 25.7 Å². The van der Waals surface area contributed by atoms with Gasteiger partial charge in [0.2, 0.25) is 0 Å². The van der Waals surface area contributed by atoms with Crippen molar-refractivity contribution in [3.8, 4) is 5.75 Å². The Morgan fingerprint density at radius 1 is 1.18 bits per heavy atom. The first-order valence-corrected chi connectivity index (χ1v) is 14.8. The van der Waals surface area contributed by atoms with Crippen molar-refractivity contribution in [2.45, 2.75) is 45.5 Å². The summed E-state index contributed by atoms with van der Waals surface area (Å²) in [6.07, 6.45) is 0.448. The second-order valence-corrected chi connectivity index (χ2v) is 15.5. The number of nitro benzene ring substituents is 1. The Balaban J connectivity index is 2.10. The Bertz CT molecular complexity index is 1310. The second-order valence-electron chi connectivity index (χ2n) is 9.88. The molecule has 0 unspecified atom stereocenters. The number of hydrogen-bond donors (Lipinski definition) is 0. The maximum Gasteiger partial charge on any atom is 0.414 e. The van der Waals surface area contributed by atoms with Crippen molar-refractivity contribution in [3.63, 3.8) is 0 Å². The van der Waals surface area contributed by atoms with Crippen LogP contribution in [0.5, 0.6) is 5.75 Å². The van der Waals surface area contributed by atoms with E-state index in [0.29, 0.717) is 22.5 Å². The highest BCUT2D eigenvalue weighted by Crippen LogP contribution is 2.31. The molecule has 0 saturated heterocycles. The highest BCUT2D eigenvalue weighted by molar-refractivity contribution is 6.76. The van der Waals surface area contributed by atoms with E-state index in [9.17, 15) is 19.7 Å². The summed E-state index contributed by atoms with van der Waals surface area (Å²) in [7, 11) is 1.84. The smallest absolute Gasteiger partial charge is 0.414 e. The molecule has 1 heterocycles. The molecule has 0 atom stereocenters. The van der Waals surface area contributed by atoms with Crippen molar-refractivity contribution in [1.82, 2.24) is 4.90 Å². The molecule has 1 aromatic heterocycles. The van der Waals surface area contributed by atoms with Crippen LogP contribution in [0.3, 0.4) is 0 Å². The van der Waals surface area contributed by atoms with Crippen LogP contribution in [0.1, 0.15) is 22.3 Å². The SMILES string of the molecule is Cc1c(Cc2cccc([N+](=O)[O-])c2)c(=O)oc2cc(OC(=O)N(C)C)c(CC[Si](C)(C)C)cc12. The molecule has 1 amide bonds. The molecule has 0 aliphatic heterocycles. The maximum absolute atomic E-state index is 12.9. The fourth-order valence-corrected chi connectivity index (χ4v) is 4.65. The third kappa shape index (κ3) is 5.90. The summed E-state index contributed by atoms with van der Waals surface area (Å²) in [5.41, 5.74) is 2.52. The van der Waals surface area contributed by atoms with E-state index >= 15 is 0 Å². The zero-order chi connectivity index (χ0) is 25.2. The van der Waals surface area contributed by atoms with E-state index in [0.717, 1.165) is 29.0 Å². The maximum atomic E-state index is 12.9. The molecule has 0 N–H and O–H groups in total. The summed E-state index contributed by atoms with van der Waals surface area (Å²) < 4.78 is 11.2. The van der Waals surface area contributed by atoms with Gasteiger partial charge in [-0.2, -0.15) is 0 Å². The average Bonchev–Trinajstić information content (AvgIpc) is 2.75. The van der Waals surface area contributed by atoms with E-state index in [1.807, 2.05) is 13.0 Å². The van der Waals surface area contributed by atoms with Gasteiger partial charge < -0.3 is 14.1 Å². The van der Waals surface area contributed by atoms with Crippen LogP contribution in [0.15, 0.2) is 45.6 Å². The predicted molar refractivity (Wildman–Crippen MR) is 135 cm³/mol. The first-order chi connectivity index (χ1) is 15.9. The Labute approximate surface area is 199 Å². The molecule has 3 rings (SSSR count). The molecule has 0 saturated carbocycles. The Morgan fingerprint density at radius 3 is 2.50 bits per heavy atom. The molecule has 2 aromatic carbocycles. The summed E-state index contributed by atoms with van der Waals surface area (Å²) in [6, 6.07) is 10.8. The van der Waals surface area contributed by atoms with Gasteiger partial charge in [0.25, 0.3) is 5.69 Å². The van der Waals surface area contributed by atoms with Crippen LogP contribution < -0.4 is 10.4 Å². The van der Waals surface area contributed by atoms with Crippen molar-refractivity contribution >= 4 is 30.8 Å². The van der Waals surface area contributed by atoms with Crippen LogP contribution in [0, 0.1) is 17.0 Å². The van der Waals surface area contributed by atoms with E-state index in [4.69, 9.17) is 9.15 Å². The standard InChI is InChI=1S/C25H30N2O6Si/c1-16-20-14-18(10-11-34(4,5)6)22(33-25(29)26(2)3)15-23(20)32-24(28)21(16)13-17-8-7-9-19(12-17)27(30)31/h7-9,12,14-15H,10-11,13H2,1-6H3. The van der Waals surface area contributed by atoms with Crippen LogP contribution in [0.4, 0.5) is 10.5 Å². The van der Waals surface area contributed by atoms with Crippen LogP contribution in [-0.2, 0) is 12.8 Å². The number of nitrogens with zero attached hydrogens (tertiary/aromatic N) is 2. The number of rotatable bonds is 7. The molecule has 0 aliphatic carbocycles. The summed E-state index contributed by atoms with van der Waals surface area (Å²) >= 11 is 0. The van der Waals surface area contributed by atoms with Crippen LogP contribution in [-0.4, -0.2) is 38.1 Å². The fraction of sp³-hybridized carbons (Fsp3) is 0.360. The lowest BCUT2D eigenvalue weighted by Gasteiger charge is -2.19. The predicted octanol–water partition coefficient (Wildman–Crippen LogP) is 5.54. The third-order valence-electron chi connectivity index (χ3n) is 5.68. The minimum atomic E-state index is -1.37. The first-order valence-electron chi connectivity index (χ1n) is 11.1. The lowest BCUT2D eigenvalue weighted by molar-refractivity contribution is -0.384. The van der Waals surface area contributed by atoms with Gasteiger partial charge in [-0.25, -0.2) is 9.59 Å². The van der Waals surface area contributed by atoms with Gasteiger partial charge in [-0.05, 0) is 36.1 Å². The molecule has 0 radical (unpaired) electrons. The summed E-state index contributed by atoms with van der Waals surface area (Å²) in [4.78, 5) is 37.1. The molecular weight excluding hydrogens is 452 g/mol. The lowest BCUT2D eigenvalue weighted by Crippen LogP contribution is -2.26. The molecule has 9 heteroatoms. The number of non-ortho nitro benzene ring substituents is 1. The summed E-state index contributed by atoms with van der Waals surface area (Å²) in [6.45, 7) is 8.68. The number of carbonyl (C=O) groups excluding carboxylic acids is 1. The molecule has 3 aromatic rings. The van der Waals surface area contributed by atoms with Gasteiger partial charge in [-0.3, -0.25) is 10.1 Å². The molecular formula is C25H30N2O6Si. The van der Waals surface area contributed by atoms with E-state index < -0.39 is 24.7 Å². The number of aryl methyl sites for hydroxylation is 2. The van der Waals surface area contributed by atoms with Gasteiger partial charge >= 0.3 is 11.7 Å². The molecule has 0 bridgehead atoms. The Morgan fingerprint density at radius 2 is 1.88 bits per heavy atom. The third-order valence-corrected chi connectivity index (χ3v) is 7.43. The van der Waals surface area contributed by atoms with Crippen molar-refractivity contribution in [2.24, 2.45) is 0 Å². The van der Waals surface area contributed by atoms with E-state index in [1.165, 1.54) is 17.0 Å². The Kier molecular flexibility index (Phi) is 7.26. The molecule has 34 heavy (non-hydrogen) atoms. The second kappa shape index (κ2) is 9.80. The normalized spacial score (nSPS) is 11.5. The molecule has 180 valence electrons. The highest BCUT2D eigenvalue weighted by atomic mass is 28.3. The minimum absolute atomic E-state index is 0.0266. The van der Waals surface area contributed by atoms with Crippen molar-refractivity contribution in [1.29, 1.82) is 0 Å². The molecule has 8 nitrogen and oxygen atoms in total. The van der Waals surface area contributed by atoms with Crippen LogP contribution >= 0.6 is 0 Å². The van der Waals surface area contributed by atoms with Crippen molar-refractivity contribution in [3.05, 3.63) is 79.2 Å². The summed E-state index contributed by atoms with van der Waals surface area (Å²) in [5, 5.41) is 11.9. The van der Waals surface area contributed by atoms with Gasteiger partial charge in [0.1, 0.15) is 11.3 Å². The van der Waals surface area contributed by atoms with Gasteiger partial charge in [0, 0.05) is 57.7 Å². The monoisotopic (exact) mass is 482 g/mol. The first kappa shape index (κ1) is 25.2. The minimum Gasteiger partial charge on any atom is -0.422 e. The molecule has 0 spiro atoms. The number of fused-ring (bicyclic) bond motifs is 1. The van der Waals surface area contributed by atoms with Crippen LogP contribution in [0.25, 0.3) is 11.0 Å². The highest BCUT2D eigenvalue weighted by Gasteiger charge is 2.20. The summed E-state index contributed by atoms with van der Waals surface area (Å²) in [5.74, 6) is 0.387. The zero-order valence-corrected chi connectivity index (χ0v) is 21.4. The van der Waals surface area contributed by atoms with E-state index in [2.05, 4.69) is 19.6 Å². The van der Waals surface area contributed by atoms with E-state index in [-0.39, 0.29) is 12.1 Å². The lowest BCUT2D eigenvalue weighted by atomic mass is 9.97. The van der Waals surface area contributed by atoms with Gasteiger partial charge in [-0.15, -0.1) is 0 Å². The molecule has 0 fully saturated rings. The topological polar surface area (TPSA) is 103 Å². The molecule has 0 aliphatic rings. The number of hydrogen-bond acceptors (Lipinski definition) is 6. The number of carbonyl (C=O) groups is 1. The van der Waals surface area contributed by atoms with Gasteiger partial charge in [-0.1, -0.05) is 37.8 Å². The van der Waals surface area contributed by atoms with Gasteiger partial charge in [0.05, 0.1) is 4.92 Å². The number of amides is 1. The number of benzene rings is 2. The van der Waals surface area contributed by atoms with E-state index in [1.54, 1.807) is 32.3 Å². The van der Waals surface area contributed by atoms with Gasteiger partial charge in [0.15, 0.2) is 0 Å². The Hall–Kier alpha value is -3.46. The zero-order valence-electron chi connectivity index (χ0n) is 20.4. The largest absolute Gasteiger partial charge is 0.422 e. The number of ether oxygens (including phenoxy) is 1. The van der Waals surface area contributed by atoms with Crippen molar-refractivity contribution < 1.29 is 18.9 Å². The number of nitro groups is 1. The average molecular weight is 483 g/mol. The van der Waals surface area contributed by atoms with Crippen molar-refractivity contribution in [2.75, 3.05) is 14.1 Å².